The highest BCUT2D eigenvalue weighted by Gasteiger charge is 2.16. The summed E-state index contributed by atoms with van der Waals surface area (Å²) in [5.74, 6) is 0.543. The Kier molecular flexibility index (Phi) is 3.54. The molecule has 0 aliphatic carbocycles. The summed E-state index contributed by atoms with van der Waals surface area (Å²) in [7, 11) is 0. The van der Waals surface area contributed by atoms with Crippen molar-refractivity contribution in [1.82, 2.24) is 5.16 Å². The number of hydrogen-bond acceptors (Lipinski definition) is 6. The van der Waals surface area contributed by atoms with E-state index in [0.717, 1.165) is 0 Å². The molecule has 0 unspecified atom stereocenters. The monoisotopic (exact) mass is 250 g/mol. The molecule has 0 aliphatic heterocycles. The van der Waals surface area contributed by atoms with Gasteiger partial charge in [0.1, 0.15) is 6.61 Å². The van der Waals surface area contributed by atoms with Gasteiger partial charge in [0, 0.05) is 12.1 Å². The summed E-state index contributed by atoms with van der Waals surface area (Å²) in [5, 5.41) is 23.3. The molecule has 7 nitrogen and oxygen atoms in total. The molecule has 94 valence electrons. The maximum Gasteiger partial charge on any atom is 0.310 e. The van der Waals surface area contributed by atoms with Crippen LogP contribution in [0.25, 0.3) is 0 Å². The van der Waals surface area contributed by atoms with Gasteiger partial charge in [0.05, 0.1) is 17.7 Å². The molecule has 0 amide bonds. The van der Waals surface area contributed by atoms with E-state index in [9.17, 15) is 10.1 Å². The van der Waals surface area contributed by atoms with Crippen LogP contribution >= 0.6 is 0 Å². The van der Waals surface area contributed by atoms with Crippen LogP contribution in [0.3, 0.4) is 0 Å². The van der Waals surface area contributed by atoms with Crippen LogP contribution in [-0.2, 0) is 13.2 Å². The first-order chi connectivity index (χ1) is 8.70. The van der Waals surface area contributed by atoms with Crippen LogP contribution < -0.4 is 4.74 Å². The zero-order valence-electron chi connectivity index (χ0n) is 9.28. The lowest BCUT2D eigenvalue weighted by molar-refractivity contribution is -0.386. The van der Waals surface area contributed by atoms with E-state index in [-0.39, 0.29) is 24.7 Å². The standard InChI is InChI=1S/C11H10N2O5/c14-6-8-1-2-10(13(15)16)11(5-8)17-7-9-3-4-12-18-9/h1-5,14H,6-7H2. The number of nitro benzene ring substituents is 1. The van der Waals surface area contributed by atoms with E-state index in [1.165, 1.54) is 24.4 Å². The molecule has 0 saturated heterocycles. The van der Waals surface area contributed by atoms with Gasteiger partial charge in [-0.2, -0.15) is 0 Å². The van der Waals surface area contributed by atoms with Crippen molar-refractivity contribution in [3.8, 4) is 5.75 Å². The molecular formula is C11H10N2O5. The van der Waals surface area contributed by atoms with Crippen LogP contribution in [0, 0.1) is 10.1 Å². The van der Waals surface area contributed by atoms with Gasteiger partial charge in [-0.1, -0.05) is 5.16 Å². The Balaban J connectivity index is 2.20. The molecule has 1 aromatic carbocycles. The third-order valence-electron chi connectivity index (χ3n) is 2.26. The minimum atomic E-state index is -0.545. The van der Waals surface area contributed by atoms with E-state index in [1.54, 1.807) is 6.07 Å². The Hall–Kier alpha value is -2.41. The molecule has 1 heterocycles. The lowest BCUT2D eigenvalue weighted by Gasteiger charge is -2.06. The first-order valence-electron chi connectivity index (χ1n) is 5.11. The molecule has 0 radical (unpaired) electrons. The van der Waals surface area contributed by atoms with Crippen LogP contribution in [0.4, 0.5) is 5.69 Å². The molecule has 0 bridgehead atoms. The lowest BCUT2D eigenvalue weighted by Crippen LogP contribution is -1.99. The van der Waals surface area contributed by atoms with Crippen LogP contribution in [0.15, 0.2) is 35.0 Å². The van der Waals surface area contributed by atoms with Crippen molar-refractivity contribution < 1.29 is 19.3 Å². The van der Waals surface area contributed by atoms with Crippen LogP contribution in [0.5, 0.6) is 5.75 Å². The summed E-state index contributed by atoms with van der Waals surface area (Å²) in [6, 6.07) is 5.79. The number of nitrogens with zero attached hydrogens (tertiary/aromatic N) is 2. The highest BCUT2D eigenvalue weighted by atomic mass is 16.6. The SMILES string of the molecule is O=[N+]([O-])c1ccc(CO)cc1OCc1ccno1. The Morgan fingerprint density at radius 3 is 2.89 bits per heavy atom. The lowest BCUT2D eigenvalue weighted by atomic mass is 10.2. The highest BCUT2D eigenvalue weighted by molar-refractivity contribution is 5.48. The van der Waals surface area contributed by atoms with Crippen molar-refractivity contribution in [2.24, 2.45) is 0 Å². The van der Waals surface area contributed by atoms with Gasteiger partial charge in [0.2, 0.25) is 0 Å². The Labute approximate surface area is 102 Å². The zero-order chi connectivity index (χ0) is 13.0. The molecule has 0 fully saturated rings. The van der Waals surface area contributed by atoms with Crippen molar-refractivity contribution in [2.75, 3.05) is 0 Å². The maximum absolute atomic E-state index is 10.8. The smallest absolute Gasteiger partial charge is 0.310 e. The molecule has 0 atom stereocenters. The second-order valence-corrected chi connectivity index (χ2v) is 3.48. The summed E-state index contributed by atoms with van der Waals surface area (Å²) in [5.41, 5.74) is 0.375. The van der Waals surface area contributed by atoms with Crippen molar-refractivity contribution in [1.29, 1.82) is 0 Å². The van der Waals surface area contributed by atoms with Crippen molar-refractivity contribution in [3.05, 3.63) is 51.9 Å². The van der Waals surface area contributed by atoms with E-state index in [2.05, 4.69) is 5.16 Å². The molecule has 0 aliphatic rings. The Bertz CT molecular complexity index is 538. The number of ether oxygens (including phenoxy) is 1. The van der Waals surface area contributed by atoms with Crippen molar-refractivity contribution in [2.45, 2.75) is 13.2 Å². The van der Waals surface area contributed by atoms with E-state index in [4.69, 9.17) is 14.4 Å². The Morgan fingerprint density at radius 1 is 1.44 bits per heavy atom. The number of hydrogen-bond donors (Lipinski definition) is 1. The number of rotatable bonds is 5. The van der Waals surface area contributed by atoms with E-state index < -0.39 is 4.92 Å². The summed E-state index contributed by atoms with van der Waals surface area (Å²) >= 11 is 0. The molecule has 1 N–H and O–H groups in total. The molecule has 0 spiro atoms. The van der Waals surface area contributed by atoms with Gasteiger partial charge in [-0.25, -0.2) is 0 Å². The van der Waals surface area contributed by atoms with E-state index in [0.29, 0.717) is 11.3 Å². The number of aromatic nitrogens is 1. The number of aliphatic hydroxyl groups is 1. The minimum Gasteiger partial charge on any atom is -0.479 e. The zero-order valence-corrected chi connectivity index (χ0v) is 9.28. The van der Waals surface area contributed by atoms with Gasteiger partial charge in [-0.05, 0) is 17.7 Å². The quantitative estimate of drug-likeness (QED) is 0.639. The molecular weight excluding hydrogens is 240 g/mol. The molecule has 7 heteroatoms. The van der Waals surface area contributed by atoms with Crippen LogP contribution in [0.2, 0.25) is 0 Å². The van der Waals surface area contributed by atoms with Gasteiger partial charge in [0.15, 0.2) is 11.5 Å². The predicted octanol–water partition coefficient (Wildman–Crippen LogP) is 1.65. The molecule has 2 aromatic rings. The summed E-state index contributed by atoms with van der Waals surface area (Å²) in [6.45, 7) is -0.174. The predicted molar refractivity (Wildman–Crippen MR) is 59.9 cm³/mol. The first kappa shape index (κ1) is 12.1. The summed E-state index contributed by atoms with van der Waals surface area (Å²) in [6.07, 6.45) is 1.46. The third-order valence-corrected chi connectivity index (χ3v) is 2.26. The second kappa shape index (κ2) is 5.28. The average Bonchev–Trinajstić information content (AvgIpc) is 2.88. The molecule has 18 heavy (non-hydrogen) atoms. The van der Waals surface area contributed by atoms with Gasteiger partial charge in [-0.3, -0.25) is 10.1 Å². The maximum atomic E-state index is 10.8. The summed E-state index contributed by atoms with van der Waals surface area (Å²) < 4.78 is 10.1. The number of nitro groups is 1. The van der Waals surface area contributed by atoms with Gasteiger partial charge < -0.3 is 14.4 Å². The second-order valence-electron chi connectivity index (χ2n) is 3.48. The van der Waals surface area contributed by atoms with E-state index >= 15 is 0 Å². The van der Waals surface area contributed by atoms with Crippen LogP contribution in [0.1, 0.15) is 11.3 Å². The summed E-state index contributed by atoms with van der Waals surface area (Å²) in [4.78, 5) is 10.3. The fourth-order valence-electron chi connectivity index (χ4n) is 1.39. The topological polar surface area (TPSA) is 98.6 Å². The fraction of sp³-hybridized carbons (Fsp3) is 0.182. The Morgan fingerprint density at radius 2 is 2.28 bits per heavy atom. The van der Waals surface area contributed by atoms with E-state index in [1.807, 2.05) is 0 Å². The first-order valence-corrected chi connectivity index (χ1v) is 5.11. The third kappa shape index (κ3) is 2.64. The molecule has 0 saturated carbocycles. The minimum absolute atomic E-state index is 0.0374. The largest absolute Gasteiger partial charge is 0.479 e. The molecule has 1 aromatic heterocycles. The van der Waals surface area contributed by atoms with Crippen molar-refractivity contribution in [3.63, 3.8) is 0 Å². The molecule has 2 rings (SSSR count). The van der Waals surface area contributed by atoms with Gasteiger partial charge >= 0.3 is 5.69 Å². The number of aliphatic hydroxyl groups excluding tert-OH is 1. The normalized spacial score (nSPS) is 10.3. The van der Waals surface area contributed by atoms with Crippen LogP contribution in [-0.4, -0.2) is 15.2 Å². The highest BCUT2D eigenvalue weighted by Crippen LogP contribution is 2.28. The fourth-order valence-corrected chi connectivity index (χ4v) is 1.39. The van der Waals surface area contributed by atoms with Crippen molar-refractivity contribution >= 4 is 5.69 Å². The average molecular weight is 250 g/mol. The van der Waals surface area contributed by atoms with Gasteiger partial charge in [-0.15, -0.1) is 0 Å². The number of benzene rings is 1. The van der Waals surface area contributed by atoms with Gasteiger partial charge in [0.25, 0.3) is 0 Å².